The zero-order valence-electron chi connectivity index (χ0n) is 10.3. The van der Waals surface area contributed by atoms with Gasteiger partial charge in [0.2, 0.25) is 0 Å². The molecule has 0 aromatic heterocycles. The maximum absolute atomic E-state index is 3.20. The van der Waals surface area contributed by atoms with Crippen molar-refractivity contribution >= 4 is 11.8 Å². The Labute approximate surface area is 103 Å². The van der Waals surface area contributed by atoms with E-state index in [4.69, 9.17) is 0 Å². The van der Waals surface area contributed by atoms with Gasteiger partial charge >= 0.3 is 0 Å². The first-order valence-electron chi connectivity index (χ1n) is 6.20. The summed E-state index contributed by atoms with van der Waals surface area (Å²) in [5.41, 5.74) is 2.82. The third kappa shape index (κ3) is 3.02. The zero-order valence-corrected chi connectivity index (χ0v) is 11.1. The molecule has 0 unspecified atom stereocenters. The van der Waals surface area contributed by atoms with Crippen LogP contribution in [0.3, 0.4) is 0 Å². The van der Waals surface area contributed by atoms with E-state index in [-0.39, 0.29) is 0 Å². The average molecular weight is 235 g/mol. The maximum Gasteiger partial charge on any atom is 0.0202 e. The average Bonchev–Trinajstić information content (AvgIpc) is 2.75. The predicted octanol–water partition coefficient (Wildman–Crippen LogP) is 3.75. The van der Waals surface area contributed by atoms with Crippen LogP contribution in [0.1, 0.15) is 36.8 Å². The molecule has 0 bridgehead atoms. The van der Waals surface area contributed by atoms with E-state index in [2.05, 4.69) is 42.2 Å². The van der Waals surface area contributed by atoms with Crippen molar-refractivity contribution in [2.24, 2.45) is 0 Å². The Balaban J connectivity index is 2.03. The number of nitrogens with one attached hydrogen (secondary N) is 1. The van der Waals surface area contributed by atoms with Gasteiger partial charge in [0.15, 0.2) is 0 Å². The molecular weight excluding hydrogens is 214 g/mol. The lowest BCUT2D eigenvalue weighted by atomic mass is 10.1. The fraction of sp³-hybridized carbons (Fsp3) is 0.571. The van der Waals surface area contributed by atoms with Crippen LogP contribution in [0.2, 0.25) is 0 Å². The molecule has 88 valence electrons. The second kappa shape index (κ2) is 5.74. The molecule has 1 aromatic rings. The highest BCUT2D eigenvalue weighted by Crippen LogP contribution is 2.36. The fourth-order valence-electron chi connectivity index (χ4n) is 2.34. The van der Waals surface area contributed by atoms with Crippen LogP contribution in [0.25, 0.3) is 0 Å². The first kappa shape index (κ1) is 12.0. The van der Waals surface area contributed by atoms with Gasteiger partial charge in [-0.05, 0) is 44.0 Å². The summed E-state index contributed by atoms with van der Waals surface area (Å²) in [5.74, 6) is 0. The van der Waals surface area contributed by atoms with Gasteiger partial charge in [-0.3, -0.25) is 0 Å². The lowest BCUT2D eigenvalue weighted by molar-refractivity contribution is 0.815. The molecule has 0 saturated heterocycles. The quantitative estimate of drug-likeness (QED) is 0.853. The molecule has 1 aliphatic carbocycles. The highest BCUT2D eigenvalue weighted by molar-refractivity contribution is 8.00. The standard InChI is InChI=1S/C14H21NS/c1-11-9-12(10-15-2)7-8-14(11)16-13-5-3-4-6-13/h7-9,13,15H,3-6,10H2,1-2H3. The Morgan fingerprint density at radius 3 is 2.69 bits per heavy atom. The Bertz CT molecular complexity index is 343. The molecule has 1 N–H and O–H groups in total. The van der Waals surface area contributed by atoms with E-state index in [1.165, 1.54) is 41.7 Å². The highest BCUT2D eigenvalue weighted by Gasteiger charge is 2.16. The molecule has 0 heterocycles. The second-order valence-electron chi connectivity index (χ2n) is 4.65. The number of aryl methyl sites for hydroxylation is 1. The smallest absolute Gasteiger partial charge is 0.0202 e. The van der Waals surface area contributed by atoms with Crippen LogP contribution in [-0.4, -0.2) is 12.3 Å². The van der Waals surface area contributed by atoms with Crippen molar-refractivity contribution in [2.75, 3.05) is 7.05 Å². The van der Waals surface area contributed by atoms with Crippen LogP contribution in [0.5, 0.6) is 0 Å². The van der Waals surface area contributed by atoms with Gasteiger partial charge < -0.3 is 5.32 Å². The zero-order chi connectivity index (χ0) is 11.4. The topological polar surface area (TPSA) is 12.0 Å². The molecule has 1 aliphatic rings. The van der Waals surface area contributed by atoms with Crippen molar-refractivity contribution < 1.29 is 0 Å². The van der Waals surface area contributed by atoms with Crippen LogP contribution in [0.15, 0.2) is 23.1 Å². The van der Waals surface area contributed by atoms with Gasteiger partial charge in [0.25, 0.3) is 0 Å². The van der Waals surface area contributed by atoms with Crippen LogP contribution in [0, 0.1) is 6.92 Å². The molecule has 1 fully saturated rings. The minimum atomic E-state index is 0.869. The summed E-state index contributed by atoms with van der Waals surface area (Å²) in [4.78, 5) is 1.48. The van der Waals surface area contributed by atoms with E-state index >= 15 is 0 Å². The van der Waals surface area contributed by atoms with Gasteiger partial charge in [0, 0.05) is 16.7 Å². The van der Waals surface area contributed by atoms with Crippen molar-refractivity contribution in [3.05, 3.63) is 29.3 Å². The summed E-state index contributed by atoms with van der Waals surface area (Å²) in [6.07, 6.45) is 5.66. The summed E-state index contributed by atoms with van der Waals surface area (Å²) in [5, 5.41) is 4.07. The van der Waals surface area contributed by atoms with Crippen molar-refractivity contribution in [1.29, 1.82) is 0 Å². The molecular formula is C14H21NS. The van der Waals surface area contributed by atoms with Gasteiger partial charge in [0.1, 0.15) is 0 Å². The van der Waals surface area contributed by atoms with Crippen LogP contribution in [-0.2, 0) is 6.54 Å². The van der Waals surface area contributed by atoms with E-state index < -0.39 is 0 Å². The van der Waals surface area contributed by atoms with Crippen LogP contribution >= 0.6 is 11.8 Å². The lowest BCUT2D eigenvalue weighted by Crippen LogP contribution is -2.05. The Morgan fingerprint density at radius 2 is 2.06 bits per heavy atom. The molecule has 2 rings (SSSR count). The molecule has 0 radical (unpaired) electrons. The highest BCUT2D eigenvalue weighted by atomic mass is 32.2. The number of hydrogen-bond acceptors (Lipinski definition) is 2. The SMILES string of the molecule is CNCc1ccc(SC2CCCC2)c(C)c1. The van der Waals surface area contributed by atoms with E-state index in [0.29, 0.717) is 0 Å². The predicted molar refractivity (Wildman–Crippen MR) is 72.1 cm³/mol. The lowest BCUT2D eigenvalue weighted by Gasteiger charge is -2.12. The molecule has 0 amide bonds. The van der Waals surface area contributed by atoms with E-state index in [0.717, 1.165) is 11.8 Å². The van der Waals surface area contributed by atoms with Crippen molar-refractivity contribution in [3.63, 3.8) is 0 Å². The second-order valence-corrected chi connectivity index (χ2v) is 6.00. The Hall–Kier alpha value is -0.470. The monoisotopic (exact) mass is 235 g/mol. The number of thioether (sulfide) groups is 1. The summed E-state index contributed by atoms with van der Waals surface area (Å²) in [7, 11) is 2.00. The van der Waals surface area contributed by atoms with Gasteiger partial charge in [0.05, 0.1) is 0 Å². The first-order chi connectivity index (χ1) is 7.79. The van der Waals surface area contributed by atoms with Gasteiger partial charge in [-0.1, -0.05) is 25.0 Å². The van der Waals surface area contributed by atoms with Crippen LogP contribution < -0.4 is 5.32 Å². The van der Waals surface area contributed by atoms with Gasteiger partial charge in [-0.2, -0.15) is 0 Å². The van der Waals surface area contributed by atoms with Crippen LogP contribution in [0.4, 0.5) is 0 Å². The summed E-state index contributed by atoms with van der Waals surface area (Å²) < 4.78 is 0. The number of rotatable bonds is 4. The summed E-state index contributed by atoms with van der Waals surface area (Å²) in [6.45, 7) is 3.20. The molecule has 0 aliphatic heterocycles. The number of hydrogen-bond donors (Lipinski definition) is 1. The molecule has 16 heavy (non-hydrogen) atoms. The summed E-state index contributed by atoms with van der Waals surface area (Å²) in [6, 6.07) is 6.86. The van der Waals surface area contributed by atoms with Crippen molar-refractivity contribution in [1.82, 2.24) is 5.32 Å². The molecule has 1 nitrogen and oxygen atoms in total. The third-order valence-electron chi connectivity index (χ3n) is 3.22. The largest absolute Gasteiger partial charge is 0.316 e. The van der Waals surface area contributed by atoms with Crippen molar-refractivity contribution in [2.45, 2.75) is 49.3 Å². The number of benzene rings is 1. The van der Waals surface area contributed by atoms with E-state index in [9.17, 15) is 0 Å². The van der Waals surface area contributed by atoms with E-state index in [1.54, 1.807) is 0 Å². The third-order valence-corrected chi connectivity index (χ3v) is 4.73. The normalized spacial score (nSPS) is 16.9. The Kier molecular flexibility index (Phi) is 4.30. The fourth-order valence-corrected chi connectivity index (χ4v) is 3.66. The van der Waals surface area contributed by atoms with Crippen molar-refractivity contribution in [3.8, 4) is 0 Å². The maximum atomic E-state index is 3.20. The molecule has 0 spiro atoms. The minimum absolute atomic E-state index is 0.869. The molecule has 0 atom stereocenters. The Morgan fingerprint density at radius 1 is 1.31 bits per heavy atom. The first-order valence-corrected chi connectivity index (χ1v) is 7.08. The molecule has 1 aromatic carbocycles. The van der Waals surface area contributed by atoms with Gasteiger partial charge in [-0.15, -0.1) is 11.8 Å². The summed E-state index contributed by atoms with van der Waals surface area (Å²) >= 11 is 2.08. The minimum Gasteiger partial charge on any atom is -0.316 e. The van der Waals surface area contributed by atoms with Gasteiger partial charge in [-0.25, -0.2) is 0 Å². The van der Waals surface area contributed by atoms with E-state index in [1.807, 2.05) is 7.05 Å². The molecule has 1 saturated carbocycles. The molecule has 2 heteroatoms.